The van der Waals surface area contributed by atoms with Crippen molar-refractivity contribution in [3.05, 3.63) is 23.9 Å². The van der Waals surface area contributed by atoms with Crippen LogP contribution in [0.2, 0.25) is 0 Å². The van der Waals surface area contributed by atoms with Gasteiger partial charge in [0.05, 0.1) is 0 Å². The molecule has 0 aliphatic carbocycles. The molecule has 0 aliphatic heterocycles. The quantitative estimate of drug-likeness (QED) is 0.837. The number of halogens is 3. The molecule has 7 heteroatoms. The minimum absolute atomic E-state index is 0.0849. The van der Waals surface area contributed by atoms with Crippen LogP contribution in [0.3, 0.4) is 0 Å². The van der Waals surface area contributed by atoms with Crippen LogP contribution in [-0.4, -0.2) is 22.1 Å². The van der Waals surface area contributed by atoms with E-state index in [1.807, 2.05) is 6.92 Å². The van der Waals surface area contributed by atoms with Crippen LogP contribution >= 0.6 is 0 Å². The van der Waals surface area contributed by atoms with E-state index in [1.54, 1.807) is 0 Å². The Labute approximate surface area is 108 Å². The van der Waals surface area contributed by atoms with Crippen LogP contribution < -0.4 is 5.32 Å². The Morgan fingerprint density at radius 1 is 1.47 bits per heavy atom. The van der Waals surface area contributed by atoms with Crippen molar-refractivity contribution in [2.24, 2.45) is 0 Å². The number of anilines is 1. The zero-order valence-electron chi connectivity index (χ0n) is 10.4. The van der Waals surface area contributed by atoms with Gasteiger partial charge in [0, 0.05) is 0 Å². The van der Waals surface area contributed by atoms with E-state index in [4.69, 9.17) is 5.11 Å². The Morgan fingerprint density at radius 3 is 2.68 bits per heavy atom. The van der Waals surface area contributed by atoms with E-state index in [0.717, 1.165) is 12.5 Å². The fourth-order valence-corrected chi connectivity index (χ4v) is 1.52. The van der Waals surface area contributed by atoms with E-state index in [0.29, 0.717) is 12.8 Å². The van der Waals surface area contributed by atoms with Gasteiger partial charge in [0.25, 0.3) is 0 Å². The van der Waals surface area contributed by atoms with E-state index in [-0.39, 0.29) is 5.82 Å². The van der Waals surface area contributed by atoms with Crippen molar-refractivity contribution >= 4 is 11.8 Å². The van der Waals surface area contributed by atoms with Gasteiger partial charge in [-0.1, -0.05) is 25.8 Å². The SMILES string of the molecule is CCCCC(Nc1cccc(C(F)(F)F)n1)C(=O)O. The maximum atomic E-state index is 12.5. The molecule has 1 rings (SSSR count). The summed E-state index contributed by atoms with van der Waals surface area (Å²) < 4.78 is 37.4. The highest BCUT2D eigenvalue weighted by molar-refractivity contribution is 5.76. The normalized spacial score (nSPS) is 13.1. The number of carbonyl (C=O) groups is 1. The van der Waals surface area contributed by atoms with Crippen LogP contribution in [0, 0.1) is 0 Å². The molecule has 106 valence electrons. The second-order valence-corrected chi connectivity index (χ2v) is 4.08. The second-order valence-electron chi connectivity index (χ2n) is 4.08. The topological polar surface area (TPSA) is 62.2 Å². The van der Waals surface area contributed by atoms with Crippen molar-refractivity contribution in [2.45, 2.75) is 38.4 Å². The first-order valence-corrected chi connectivity index (χ1v) is 5.88. The molecular formula is C12H15F3N2O2. The highest BCUT2D eigenvalue weighted by Crippen LogP contribution is 2.28. The van der Waals surface area contributed by atoms with Gasteiger partial charge in [-0.15, -0.1) is 0 Å². The molecule has 0 saturated heterocycles. The molecular weight excluding hydrogens is 261 g/mol. The number of pyridine rings is 1. The van der Waals surface area contributed by atoms with E-state index in [1.165, 1.54) is 12.1 Å². The molecule has 19 heavy (non-hydrogen) atoms. The lowest BCUT2D eigenvalue weighted by atomic mass is 10.1. The molecule has 0 saturated carbocycles. The largest absolute Gasteiger partial charge is 0.480 e. The van der Waals surface area contributed by atoms with E-state index in [2.05, 4.69) is 10.3 Å². The molecule has 0 aromatic carbocycles. The van der Waals surface area contributed by atoms with Gasteiger partial charge in [0.2, 0.25) is 0 Å². The minimum Gasteiger partial charge on any atom is -0.480 e. The van der Waals surface area contributed by atoms with Crippen LogP contribution in [0.1, 0.15) is 31.9 Å². The van der Waals surface area contributed by atoms with Crippen LogP contribution in [0.4, 0.5) is 19.0 Å². The maximum absolute atomic E-state index is 12.5. The molecule has 1 aromatic rings. The summed E-state index contributed by atoms with van der Waals surface area (Å²) in [5.41, 5.74) is -1.04. The molecule has 1 atom stereocenters. The summed E-state index contributed by atoms with van der Waals surface area (Å²) in [5.74, 6) is -1.19. The summed E-state index contributed by atoms with van der Waals surface area (Å²) in [5, 5.41) is 11.5. The number of aromatic nitrogens is 1. The molecule has 1 heterocycles. The first-order valence-electron chi connectivity index (χ1n) is 5.88. The number of carboxylic acid groups (broad SMARTS) is 1. The molecule has 0 radical (unpaired) electrons. The number of nitrogens with zero attached hydrogens (tertiary/aromatic N) is 1. The van der Waals surface area contributed by atoms with Gasteiger partial charge in [0.1, 0.15) is 17.6 Å². The first kappa shape index (κ1) is 15.3. The van der Waals surface area contributed by atoms with Crippen LogP contribution in [0.15, 0.2) is 18.2 Å². The molecule has 2 N–H and O–H groups in total. The lowest BCUT2D eigenvalue weighted by Gasteiger charge is -2.15. The third-order valence-electron chi connectivity index (χ3n) is 2.51. The predicted octanol–water partition coefficient (Wildman–Crippen LogP) is 3.16. The average Bonchev–Trinajstić information content (AvgIpc) is 2.33. The van der Waals surface area contributed by atoms with Crippen molar-refractivity contribution in [3.63, 3.8) is 0 Å². The smallest absolute Gasteiger partial charge is 0.433 e. The average molecular weight is 276 g/mol. The number of aliphatic carboxylic acids is 1. The number of carboxylic acids is 1. The number of hydrogen-bond donors (Lipinski definition) is 2. The van der Waals surface area contributed by atoms with E-state index in [9.17, 15) is 18.0 Å². The monoisotopic (exact) mass is 276 g/mol. The summed E-state index contributed by atoms with van der Waals surface area (Å²) in [6.45, 7) is 1.90. The molecule has 0 amide bonds. The Kier molecular flexibility index (Phi) is 5.14. The zero-order valence-corrected chi connectivity index (χ0v) is 10.4. The lowest BCUT2D eigenvalue weighted by molar-refractivity contribution is -0.141. The predicted molar refractivity (Wildman–Crippen MR) is 63.8 cm³/mol. The van der Waals surface area contributed by atoms with Gasteiger partial charge < -0.3 is 10.4 Å². The number of unbranched alkanes of at least 4 members (excludes halogenated alkanes) is 1. The minimum atomic E-state index is -4.54. The third kappa shape index (κ3) is 4.76. The zero-order chi connectivity index (χ0) is 14.5. The van der Waals surface area contributed by atoms with Gasteiger partial charge in [-0.05, 0) is 18.6 Å². The Bertz CT molecular complexity index is 435. The molecule has 1 unspecified atom stereocenters. The maximum Gasteiger partial charge on any atom is 0.433 e. The van der Waals surface area contributed by atoms with Crippen molar-refractivity contribution in [3.8, 4) is 0 Å². The lowest BCUT2D eigenvalue weighted by Crippen LogP contribution is -2.29. The van der Waals surface area contributed by atoms with Crippen molar-refractivity contribution < 1.29 is 23.1 Å². The molecule has 0 spiro atoms. The Morgan fingerprint density at radius 2 is 2.16 bits per heavy atom. The highest BCUT2D eigenvalue weighted by atomic mass is 19.4. The summed E-state index contributed by atoms with van der Waals surface area (Å²) in [6.07, 6.45) is -2.73. The molecule has 0 aliphatic rings. The van der Waals surface area contributed by atoms with Gasteiger partial charge in [-0.3, -0.25) is 0 Å². The summed E-state index contributed by atoms with van der Waals surface area (Å²) in [4.78, 5) is 14.4. The van der Waals surface area contributed by atoms with Gasteiger partial charge in [-0.25, -0.2) is 9.78 Å². The number of nitrogens with one attached hydrogen (secondary N) is 1. The van der Waals surface area contributed by atoms with Crippen LogP contribution in [0.5, 0.6) is 0 Å². The van der Waals surface area contributed by atoms with Crippen LogP contribution in [-0.2, 0) is 11.0 Å². The van der Waals surface area contributed by atoms with Crippen molar-refractivity contribution in [2.75, 3.05) is 5.32 Å². The molecule has 4 nitrogen and oxygen atoms in total. The van der Waals surface area contributed by atoms with Gasteiger partial charge >= 0.3 is 12.1 Å². The molecule has 0 bridgehead atoms. The summed E-state index contributed by atoms with van der Waals surface area (Å²) in [6, 6.07) is 2.41. The Hall–Kier alpha value is -1.79. The number of rotatable bonds is 6. The summed E-state index contributed by atoms with van der Waals surface area (Å²) >= 11 is 0. The number of hydrogen-bond acceptors (Lipinski definition) is 3. The van der Waals surface area contributed by atoms with Gasteiger partial charge in [0.15, 0.2) is 0 Å². The standard InChI is InChI=1S/C12H15F3N2O2/c1-2-3-5-8(11(18)19)16-10-7-4-6-9(17-10)12(13,14)15/h4,6-8H,2-3,5H2,1H3,(H,16,17)(H,18,19). The van der Waals surface area contributed by atoms with Gasteiger partial charge in [-0.2, -0.15) is 13.2 Å². The molecule has 1 aromatic heterocycles. The van der Waals surface area contributed by atoms with Crippen molar-refractivity contribution in [1.29, 1.82) is 0 Å². The highest BCUT2D eigenvalue weighted by Gasteiger charge is 2.32. The molecule has 0 fully saturated rings. The number of alkyl halides is 3. The van der Waals surface area contributed by atoms with Crippen LogP contribution in [0.25, 0.3) is 0 Å². The summed E-state index contributed by atoms with van der Waals surface area (Å²) in [7, 11) is 0. The van der Waals surface area contributed by atoms with E-state index >= 15 is 0 Å². The first-order chi connectivity index (χ1) is 8.84. The Balaban J connectivity index is 2.82. The third-order valence-corrected chi connectivity index (χ3v) is 2.51. The fourth-order valence-electron chi connectivity index (χ4n) is 1.52. The fraction of sp³-hybridized carbons (Fsp3) is 0.500. The van der Waals surface area contributed by atoms with Crippen molar-refractivity contribution in [1.82, 2.24) is 4.98 Å². The second kappa shape index (κ2) is 6.40. The van der Waals surface area contributed by atoms with E-state index < -0.39 is 23.9 Å².